The van der Waals surface area contributed by atoms with Gasteiger partial charge in [0.25, 0.3) is 0 Å². The van der Waals surface area contributed by atoms with Crippen LogP contribution in [-0.2, 0) is 0 Å². The molecule has 3 rings (SSSR count). The molecule has 0 aliphatic heterocycles. The van der Waals surface area contributed by atoms with Crippen LogP contribution < -0.4 is 5.32 Å². The van der Waals surface area contributed by atoms with Crippen LogP contribution in [0.25, 0.3) is 11.4 Å². The Morgan fingerprint density at radius 1 is 1.05 bits per heavy atom. The monoisotopic (exact) mass is 278 g/mol. The third kappa shape index (κ3) is 3.11. The Morgan fingerprint density at radius 3 is 2.57 bits per heavy atom. The molecule has 1 atom stereocenters. The molecule has 0 amide bonds. The number of benzene rings is 2. The summed E-state index contributed by atoms with van der Waals surface area (Å²) in [5.41, 5.74) is 3.33. The molecule has 106 valence electrons. The average Bonchev–Trinajstić information content (AvgIpc) is 2.95. The SMILES string of the molecule is Cc1nc(-c2cccc(NC(C)c3ccccc3)c2)n[nH]1. The van der Waals surface area contributed by atoms with Crippen LogP contribution in [0.1, 0.15) is 24.4 Å². The van der Waals surface area contributed by atoms with E-state index < -0.39 is 0 Å². The molecule has 1 heterocycles. The van der Waals surface area contributed by atoms with Gasteiger partial charge in [0.2, 0.25) is 0 Å². The van der Waals surface area contributed by atoms with E-state index in [1.54, 1.807) is 0 Å². The highest BCUT2D eigenvalue weighted by atomic mass is 15.2. The second kappa shape index (κ2) is 5.79. The lowest BCUT2D eigenvalue weighted by Crippen LogP contribution is -2.06. The third-order valence-corrected chi connectivity index (χ3v) is 3.40. The van der Waals surface area contributed by atoms with E-state index in [1.807, 2.05) is 25.1 Å². The van der Waals surface area contributed by atoms with E-state index in [-0.39, 0.29) is 6.04 Å². The Bertz CT molecular complexity index is 718. The standard InChI is InChI=1S/C17H18N4/c1-12(14-7-4-3-5-8-14)18-16-10-6-9-15(11-16)17-19-13(2)20-21-17/h3-12,18H,1-2H3,(H,19,20,21). The highest BCUT2D eigenvalue weighted by Gasteiger charge is 2.07. The van der Waals surface area contributed by atoms with Crippen molar-refractivity contribution in [3.63, 3.8) is 0 Å². The number of nitrogens with zero attached hydrogens (tertiary/aromatic N) is 2. The quantitative estimate of drug-likeness (QED) is 0.759. The number of hydrogen-bond acceptors (Lipinski definition) is 3. The predicted octanol–water partition coefficient (Wildman–Crippen LogP) is 3.95. The van der Waals surface area contributed by atoms with Crippen molar-refractivity contribution in [1.29, 1.82) is 0 Å². The van der Waals surface area contributed by atoms with Crippen molar-refractivity contribution in [2.24, 2.45) is 0 Å². The molecule has 0 aliphatic rings. The second-order valence-electron chi connectivity index (χ2n) is 5.10. The molecule has 0 radical (unpaired) electrons. The maximum Gasteiger partial charge on any atom is 0.181 e. The zero-order valence-electron chi connectivity index (χ0n) is 12.2. The van der Waals surface area contributed by atoms with E-state index in [9.17, 15) is 0 Å². The van der Waals surface area contributed by atoms with Gasteiger partial charge in [-0.15, -0.1) is 0 Å². The van der Waals surface area contributed by atoms with Gasteiger partial charge in [-0.25, -0.2) is 4.98 Å². The average molecular weight is 278 g/mol. The van der Waals surface area contributed by atoms with Crippen molar-refractivity contribution in [2.45, 2.75) is 19.9 Å². The normalized spacial score (nSPS) is 12.1. The van der Waals surface area contributed by atoms with E-state index in [0.717, 1.165) is 22.9 Å². The molecular formula is C17H18N4. The fourth-order valence-corrected chi connectivity index (χ4v) is 2.29. The molecule has 0 aliphatic carbocycles. The Hall–Kier alpha value is -2.62. The number of nitrogens with one attached hydrogen (secondary N) is 2. The van der Waals surface area contributed by atoms with Crippen LogP contribution in [0.15, 0.2) is 54.6 Å². The fourth-order valence-electron chi connectivity index (χ4n) is 2.29. The van der Waals surface area contributed by atoms with Crippen molar-refractivity contribution in [1.82, 2.24) is 15.2 Å². The predicted molar refractivity (Wildman–Crippen MR) is 85.0 cm³/mol. The first-order chi connectivity index (χ1) is 10.2. The molecule has 21 heavy (non-hydrogen) atoms. The van der Waals surface area contributed by atoms with E-state index in [0.29, 0.717) is 0 Å². The summed E-state index contributed by atoms with van der Waals surface area (Å²) in [7, 11) is 0. The lowest BCUT2D eigenvalue weighted by atomic mass is 10.1. The number of anilines is 1. The molecule has 0 saturated carbocycles. The first-order valence-corrected chi connectivity index (χ1v) is 7.03. The molecule has 1 aromatic heterocycles. The highest BCUT2D eigenvalue weighted by molar-refractivity contribution is 5.62. The molecule has 0 spiro atoms. The van der Waals surface area contributed by atoms with Gasteiger partial charge in [0.05, 0.1) is 0 Å². The van der Waals surface area contributed by atoms with Gasteiger partial charge in [-0.1, -0.05) is 42.5 Å². The molecule has 2 N–H and O–H groups in total. The molecular weight excluding hydrogens is 260 g/mol. The van der Waals surface area contributed by atoms with Crippen LogP contribution in [0.5, 0.6) is 0 Å². The summed E-state index contributed by atoms with van der Waals surface area (Å²) in [5.74, 6) is 1.55. The number of H-pyrrole nitrogens is 1. The summed E-state index contributed by atoms with van der Waals surface area (Å²) in [6, 6.07) is 18.8. The van der Waals surface area contributed by atoms with Gasteiger partial charge < -0.3 is 5.32 Å². The van der Waals surface area contributed by atoms with Gasteiger partial charge in [0, 0.05) is 17.3 Å². The Kier molecular flexibility index (Phi) is 3.69. The van der Waals surface area contributed by atoms with Crippen LogP contribution in [0, 0.1) is 6.92 Å². The fraction of sp³-hybridized carbons (Fsp3) is 0.176. The number of aromatic nitrogens is 3. The molecule has 4 heteroatoms. The van der Waals surface area contributed by atoms with Gasteiger partial charge in [-0.3, -0.25) is 5.10 Å². The van der Waals surface area contributed by atoms with Gasteiger partial charge in [0.1, 0.15) is 5.82 Å². The summed E-state index contributed by atoms with van der Waals surface area (Å²) in [6.07, 6.45) is 0. The van der Waals surface area contributed by atoms with Gasteiger partial charge in [-0.2, -0.15) is 5.10 Å². The summed E-state index contributed by atoms with van der Waals surface area (Å²) >= 11 is 0. The third-order valence-electron chi connectivity index (χ3n) is 3.40. The molecule has 1 unspecified atom stereocenters. The molecule has 3 aromatic rings. The Labute approximate surface area is 124 Å². The van der Waals surface area contributed by atoms with E-state index in [1.165, 1.54) is 5.56 Å². The summed E-state index contributed by atoms with van der Waals surface area (Å²) in [4.78, 5) is 4.36. The number of aryl methyl sites for hydroxylation is 1. The van der Waals surface area contributed by atoms with Crippen molar-refractivity contribution in [3.8, 4) is 11.4 Å². The van der Waals surface area contributed by atoms with Crippen molar-refractivity contribution in [2.75, 3.05) is 5.32 Å². The highest BCUT2D eigenvalue weighted by Crippen LogP contribution is 2.23. The van der Waals surface area contributed by atoms with Crippen LogP contribution in [0.2, 0.25) is 0 Å². The first kappa shape index (κ1) is 13.4. The van der Waals surface area contributed by atoms with Gasteiger partial charge >= 0.3 is 0 Å². The maximum absolute atomic E-state index is 4.36. The van der Waals surface area contributed by atoms with Crippen LogP contribution in [0.4, 0.5) is 5.69 Å². The smallest absolute Gasteiger partial charge is 0.181 e. The number of rotatable bonds is 4. The largest absolute Gasteiger partial charge is 0.379 e. The van der Waals surface area contributed by atoms with Gasteiger partial charge in [0.15, 0.2) is 5.82 Å². The minimum Gasteiger partial charge on any atom is -0.379 e. The van der Waals surface area contributed by atoms with Crippen molar-refractivity contribution in [3.05, 3.63) is 66.0 Å². The van der Waals surface area contributed by atoms with Gasteiger partial charge in [-0.05, 0) is 31.5 Å². The first-order valence-electron chi connectivity index (χ1n) is 7.03. The second-order valence-corrected chi connectivity index (χ2v) is 5.10. The van der Waals surface area contributed by atoms with Crippen molar-refractivity contribution >= 4 is 5.69 Å². The van der Waals surface area contributed by atoms with Crippen LogP contribution in [0.3, 0.4) is 0 Å². The Morgan fingerprint density at radius 2 is 1.86 bits per heavy atom. The zero-order chi connectivity index (χ0) is 14.7. The van der Waals surface area contributed by atoms with Crippen LogP contribution >= 0.6 is 0 Å². The molecule has 0 saturated heterocycles. The summed E-state index contributed by atoms with van der Waals surface area (Å²) in [6.45, 7) is 4.05. The maximum atomic E-state index is 4.36. The van der Waals surface area contributed by atoms with E-state index in [2.05, 4.69) is 63.8 Å². The minimum absolute atomic E-state index is 0.246. The number of hydrogen-bond donors (Lipinski definition) is 2. The molecule has 2 aromatic carbocycles. The Balaban J connectivity index is 1.80. The molecule has 4 nitrogen and oxygen atoms in total. The minimum atomic E-state index is 0.246. The molecule has 0 fully saturated rings. The zero-order valence-corrected chi connectivity index (χ0v) is 12.2. The summed E-state index contributed by atoms with van der Waals surface area (Å²) < 4.78 is 0. The lowest BCUT2D eigenvalue weighted by Gasteiger charge is -2.16. The lowest BCUT2D eigenvalue weighted by molar-refractivity contribution is 0.885. The number of aromatic amines is 1. The van der Waals surface area contributed by atoms with Crippen LogP contribution in [-0.4, -0.2) is 15.2 Å². The van der Waals surface area contributed by atoms with E-state index in [4.69, 9.17) is 0 Å². The van der Waals surface area contributed by atoms with E-state index >= 15 is 0 Å². The summed E-state index contributed by atoms with van der Waals surface area (Å²) in [5, 5.41) is 10.6. The van der Waals surface area contributed by atoms with Crippen molar-refractivity contribution < 1.29 is 0 Å². The molecule has 0 bridgehead atoms. The topological polar surface area (TPSA) is 53.6 Å².